The Bertz CT molecular complexity index is 502. The zero-order chi connectivity index (χ0) is 13.9. The number of hydrogen-bond acceptors (Lipinski definition) is 4. The highest BCUT2D eigenvalue weighted by Gasteiger charge is 2.22. The Balaban J connectivity index is 3.25. The Kier molecular flexibility index (Phi) is 4.72. The van der Waals surface area contributed by atoms with E-state index in [-0.39, 0.29) is 11.5 Å². The lowest BCUT2D eigenvalue weighted by molar-refractivity contribution is 0.265. The molecule has 0 aliphatic heterocycles. The molecule has 102 valence electrons. The lowest BCUT2D eigenvalue weighted by Crippen LogP contribution is -2.35. The molecular formula is C12H19NO4S. The molecule has 0 fully saturated rings. The van der Waals surface area contributed by atoms with Crippen molar-refractivity contribution in [1.29, 1.82) is 0 Å². The topological polar surface area (TPSA) is 75.6 Å². The first-order chi connectivity index (χ1) is 8.31. The summed E-state index contributed by atoms with van der Waals surface area (Å²) in [6, 6.07) is 2.83. The fourth-order valence-electron chi connectivity index (χ4n) is 1.81. The van der Waals surface area contributed by atoms with Crippen LogP contribution in [0.5, 0.6) is 5.75 Å². The summed E-state index contributed by atoms with van der Waals surface area (Å²) in [5.41, 5.74) is 1.23. The van der Waals surface area contributed by atoms with Crippen LogP contribution in [0.1, 0.15) is 18.1 Å². The minimum atomic E-state index is -3.62. The molecule has 1 aromatic carbocycles. The molecule has 18 heavy (non-hydrogen) atoms. The third-order valence-corrected chi connectivity index (χ3v) is 4.46. The summed E-state index contributed by atoms with van der Waals surface area (Å²) in [7, 11) is -2.09. The maximum atomic E-state index is 12.2. The van der Waals surface area contributed by atoms with E-state index in [2.05, 4.69) is 4.72 Å². The van der Waals surface area contributed by atoms with Gasteiger partial charge in [-0.15, -0.1) is 0 Å². The summed E-state index contributed by atoms with van der Waals surface area (Å²) < 4.78 is 31.9. The Hall–Kier alpha value is -1.11. The van der Waals surface area contributed by atoms with E-state index in [0.717, 1.165) is 0 Å². The van der Waals surface area contributed by atoms with Gasteiger partial charge in [-0.05, 0) is 44.0 Å². The van der Waals surface area contributed by atoms with Gasteiger partial charge >= 0.3 is 0 Å². The van der Waals surface area contributed by atoms with Gasteiger partial charge in [0.05, 0.1) is 18.6 Å². The third kappa shape index (κ3) is 3.22. The van der Waals surface area contributed by atoms with Crippen molar-refractivity contribution in [2.45, 2.75) is 31.7 Å². The largest absolute Gasteiger partial charge is 0.497 e. The molecule has 0 unspecified atom stereocenters. The normalized spacial score (nSPS) is 13.4. The number of sulfonamides is 1. The van der Waals surface area contributed by atoms with E-state index in [1.54, 1.807) is 32.9 Å². The van der Waals surface area contributed by atoms with Gasteiger partial charge in [0.2, 0.25) is 10.0 Å². The second-order valence-electron chi connectivity index (χ2n) is 4.30. The summed E-state index contributed by atoms with van der Waals surface area (Å²) in [6.45, 7) is 4.79. The number of benzene rings is 1. The molecule has 1 rings (SSSR count). The number of rotatable bonds is 5. The van der Waals surface area contributed by atoms with Crippen LogP contribution in [0.25, 0.3) is 0 Å². The highest BCUT2D eigenvalue weighted by atomic mass is 32.2. The average molecular weight is 273 g/mol. The summed E-state index contributed by atoms with van der Waals surface area (Å²) in [5, 5.41) is 8.92. The van der Waals surface area contributed by atoms with E-state index in [1.807, 2.05) is 0 Å². The molecule has 0 radical (unpaired) electrons. The number of methoxy groups -OCH3 is 1. The van der Waals surface area contributed by atoms with Crippen LogP contribution in [0.2, 0.25) is 0 Å². The molecule has 6 heteroatoms. The number of nitrogens with one attached hydrogen (secondary N) is 1. The highest BCUT2D eigenvalue weighted by molar-refractivity contribution is 7.89. The Morgan fingerprint density at radius 2 is 1.83 bits per heavy atom. The smallest absolute Gasteiger partial charge is 0.241 e. The van der Waals surface area contributed by atoms with E-state index in [9.17, 15) is 8.42 Å². The molecule has 1 atom stereocenters. The number of aryl methyl sites for hydroxylation is 2. The monoisotopic (exact) mass is 273 g/mol. The summed E-state index contributed by atoms with van der Waals surface area (Å²) in [5.74, 6) is 0.624. The molecule has 0 saturated heterocycles. The molecule has 0 amide bonds. The Labute approximate surface area is 108 Å². The molecule has 5 nitrogen and oxygen atoms in total. The number of ether oxygens (including phenoxy) is 1. The first-order valence-electron chi connectivity index (χ1n) is 5.60. The predicted octanol–water partition coefficient (Wildman–Crippen LogP) is 0.971. The van der Waals surface area contributed by atoms with Gasteiger partial charge < -0.3 is 9.84 Å². The van der Waals surface area contributed by atoms with E-state index < -0.39 is 16.1 Å². The number of hydrogen-bond donors (Lipinski definition) is 2. The summed E-state index contributed by atoms with van der Waals surface area (Å²) in [4.78, 5) is 0.239. The highest BCUT2D eigenvalue weighted by Crippen LogP contribution is 2.25. The van der Waals surface area contributed by atoms with Gasteiger partial charge in [-0.2, -0.15) is 0 Å². The number of aliphatic hydroxyl groups excluding tert-OH is 1. The molecule has 1 aromatic rings. The van der Waals surface area contributed by atoms with E-state index in [4.69, 9.17) is 9.84 Å². The van der Waals surface area contributed by atoms with Crippen LogP contribution in [0.4, 0.5) is 0 Å². The Morgan fingerprint density at radius 1 is 1.33 bits per heavy atom. The second-order valence-corrected chi connectivity index (χ2v) is 5.95. The van der Waals surface area contributed by atoms with Crippen molar-refractivity contribution in [3.8, 4) is 5.75 Å². The van der Waals surface area contributed by atoms with Crippen LogP contribution in [0, 0.1) is 13.8 Å². The van der Waals surface area contributed by atoms with Crippen molar-refractivity contribution >= 4 is 10.0 Å². The van der Waals surface area contributed by atoms with E-state index in [0.29, 0.717) is 16.9 Å². The van der Waals surface area contributed by atoms with Gasteiger partial charge in [0, 0.05) is 6.04 Å². The summed E-state index contributed by atoms with van der Waals surface area (Å²) >= 11 is 0. The van der Waals surface area contributed by atoms with Crippen LogP contribution >= 0.6 is 0 Å². The molecule has 0 heterocycles. The van der Waals surface area contributed by atoms with Crippen LogP contribution in [0.3, 0.4) is 0 Å². The molecular weight excluding hydrogens is 254 g/mol. The van der Waals surface area contributed by atoms with Crippen molar-refractivity contribution in [3.05, 3.63) is 23.3 Å². The van der Waals surface area contributed by atoms with Crippen LogP contribution in [-0.2, 0) is 10.0 Å². The van der Waals surface area contributed by atoms with Crippen LogP contribution in [0.15, 0.2) is 17.0 Å². The second kappa shape index (κ2) is 5.69. The van der Waals surface area contributed by atoms with E-state index in [1.165, 1.54) is 7.11 Å². The van der Waals surface area contributed by atoms with Gasteiger partial charge in [0.15, 0.2) is 0 Å². The first kappa shape index (κ1) is 14.9. The average Bonchev–Trinajstić information content (AvgIpc) is 2.26. The lowest BCUT2D eigenvalue weighted by Gasteiger charge is -2.16. The molecule has 2 N–H and O–H groups in total. The SMILES string of the molecule is COc1cc(C)c(S(=O)(=O)N[C@H](C)CO)c(C)c1. The van der Waals surface area contributed by atoms with Crippen molar-refractivity contribution in [3.63, 3.8) is 0 Å². The van der Waals surface area contributed by atoms with Crippen molar-refractivity contribution in [2.75, 3.05) is 13.7 Å². The fraction of sp³-hybridized carbons (Fsp3) is 0.500. The van der Waals surface area contributed by atoms with E-state index >= 15 is 0 Å². The molecule has 0 aromatic heterocycles. The van der Waals surface area contributed by atoms with Crippen molar-refractivity contribution < 1.29 is 18.3 Å². The number of aliphatic hydroxyl groups is 1. The maximum absolute atomic E-state index is 12.2. The molecule has 0 aliphatic carbocycles. The third-order valence-electron chi connectivity index (χ3n) is 2.57. The standard InChI is InChI=1S/C12H19NO4S/c1-8-5-11(17-4)6-9(2)12(8)18(15,16)13-10(3)7-14/h5-6,10,13-14H,7H2,1-4H3/t10-/m1/s1. The lowest BCUT2D eigenvalue weighted by atomic mass is 10.1. The molecule has 0 spiro atoms. The van der Waals surface area contributed by atoms with Gasteiger partial charge in [-0.1, -0.05) is 0 Å². The Morgan fingerprint density at radius 3 is 2.22 bits per heavy atom. The zero-order valence-corrected chi connectivity index (χ0v) is 11.8. The van der Waals surface area contributed by atoms with Crippen LogP contribution in [-0.4, -0.2) is 33.3 Å². The minimum Gasteiger partial charge on any atom is -0.497 e. The zero-order valence-electron chi connectivity index (χ0n) is 11.0. The van der Waals surface area contributed by atoms with Gasteiger partial charge in [-0.3, -0.25) is 0 Å². The van der Waals surface area contributed by atoms with Gasteiger partial charge in [-0.25, -0.2) is 13.1 Å². The first-order valence-corrected chi connectivity index (χ1v) is 7.08. The fourth-order valence-corrected chi connectivity index (χ4v) is 3.50. The predicted molar refractivity (Wildman–Crippen MR) is 69.3 cm³/mol. The quantitative estimate of drug-likeness (QED) is 0.838. The molecule has 0 aliphatic rings. The van der Waals surface area contributed by atoms with Crippen molar-refractivity contribution in [1.82, 2.24) is 4.72 Å². The minimum absolute atomic E-state index is 0.239. The summed E-state index contributed by atoms with van der Waals surface area (Å²) in [6.07, 6.45) is 0. The van der Waals surface area contributed by atoms with Crippen molar-refractivity contribution in [2.24, 2.45) is 0 Å². The van der Waals surface area contributed by atoms with Gasteiger partial charge in [0.1, 0.15) is 5.75 Å². The molecule has 0 bridgehead atoms. The maximum Gasteiger partial charge on any atom is 0.241 e. The molecule has 0 saturated carbocycles. The van der Waals surface area contributed by atoms with Gasteiger partial charge in [0.25, 0.3) is 0 Å². The van der Waals surface area contributed by atoms with Crippen LogP contribution < -0.4 is 9.46 Å².